The van der Waals surface area contributed by atoms with E-state index in [4.69, 9.17) is 23.2 Å². The molecule has 0 heterocycles. The topological polar surface area (TPSA) is 12.0 Å². The van der Waals surface area contributed by atoms with E-state index in [-0.39, 0.29) is 0 Å². The molecule has 0 aliphatic heterocycles. The van der Waals surface area contributed by atoms with Crippen molar-refractivity contribution >= 4 is 35.0 Å². The highest BCUT2D eigenvalue weighted by Crippen LogP contribution is 2.30. The molecule has 1 nitrogen and oxygen atoms in total. The molecular formula is C13H15Cl2NS. The van der Waals surface area contributed by atoms with Crippen LogP contribution in [0.5, 0.6) is 0 Å². The fourth-order valence-corrected chi connectivity index (χ4v) is 2.79. The molecule has 0 saturated heterocycles. The second-order valence-corrected chi connectivity index (χ2v) is 6.13. The van der Waals surface area contributed by atoms with Crippen molar-refractivity contribution < 1.29 is 0 Å². The summed E-state index contributed by atoms with van der Waals surface area (Å²) >= 11 is 13.7. The largest absolute Gasteiger partial charge is 0.310 e. The molecule has 1 aromatic carbocycles. The SMILES string of the molecule is C=C(CNC1CC1)CSc1cc(Cl)ccc1Cl. The van der Waals surface area contributed by atoms with Crippen LogP contribution < -0.4 is 5.32 Å². The zero-order valence-corrected chi connectivity index (χ0v) is 11.8. The third-order valence-electron chi connectivity index (χ3n) is 2.54. The van der Waals surface area contributed by atoms with Gasteiger partial charge >= 0.3 is 0 Å². The minimum atomic E-state index is 0.721. The van der Waals surface area contributed by atoms with Gasteiger partial charge in [0.05, 0.1) is 5.02 Å². The van der Waals surface area contributed by atoms with Gasteiger partial charge in [0.2, 0.25) is 0 Å². The molecule has 2 rings (SSSR count). The molecule has 0 unspecified atom stereocenters. The molecule has 1 aromatic rings. The average Bonchev–Trinajstić information content (AvgIpc) is 3.11. The summed E-state index contributed by atoms with van der Waals surface area (Å²) in [6, 6.07) is 6.26. The molecule has 4 heteroatoms. The third kappa shape index (κ3) is 4.55. The summed E-state index contributed by atoms with van der Waals surface area (Å²) in [7, 11) is 0. The Morgan fingerprint density at radius 2 is 2.18 bits per heavy atom. The number of benzene rings is 1. The van der Waals surface area contributed by atoms with E-state index in [1.54, 1.807) is 17.8 Å². The van der Waals surface area contributed by atoms with Gasteiger partial charge in [-0.2, -0.15) is 0 Å². The fourth-order valence-electron chi connectivity index (χ4n) is 1.39. The maximum atomic E-state index is 6.09. The summed E-state index contributed by atoms with van der Waals surface area (Å²) in [5.41, 5.74) is 1.19. The van der Waals surface area contributed by atoms with Gasteiger partial charge in [-0.1, -0.05) is 35.4 Å². The summed E-state index contributed by atoms with van der Waals surface area (Å²) in [6.45, 7) is 4.96. The molecule has 0 spiro atoms. The van der Waals surface area contributed by atoms with Gasteiger partial charge in [-0.3, -0.25) is 0 Å². The van der Waals surface area contributed by atoms with E-state index in [1.807, 2.05) is 12.1 Å². The van der Waals surface area contributed by atoms with Gasteiger partial charge < -0.3 is 5.32 Å². The lowest BCUT2D eigenvalue weighted by molar-refractivity contribution is 0.736. The van der Waals surface area contributed by atoms with Crippen LogP contribution in [0.3, 0.4) is 0 Å². The van der Waals surface area contributed by atoms with Crippen LogP contribution in [-0.4, -0.2) is 18.3 Å². The Morgan fingerprint density at radius 3 is 2.88 bits per heavy atom. The minimum Gasteiger partial charge on any atom is -0.310 e. The van der Waals surface area contributed by atoms with Crippen molar-refractivity contribution in [3.8, 4) is 0 Å². The molecule has 0 aromatic heterocycles. The number of nitrogens with one attached hydrogen (secondary N) is 1. The summed E-state index contributed by atoms with van der Waals surface area (Å²) in [5.74, 6) is 0.875. The second kappa shape index (κ2) is 6.14. The van der Waals surface area contributed by atoms with E-state index in [1.165, 1.54) is 18.4 Å². The minimum absolute atomic E-state index is 0.721. The number of thioether (sulfide) groups is 1. The van der Waals surface area contributed by atoms with Crippen molar-refractivity contribution in [1.82, 2.24) is 5.32 Å². The van der Waals surface area contributed by atoms with Crippen LogP contribution in [0.2, 0.25) is 10.0 Å². The summed E-state index contributed by atoms with van der Waals surface area (Å²) < 4.78 is 0. The number of hydrogen-bond donors (Lipinski definition) is 1. The first kappa shape index (κ1) is 13.3. The molecule has 0 atom stereocenters. The van der Waals surface area contributed by atoms with Crippen molar-refractivity contribution in [2.45, 2.75) is 23.8 Å². The van der Waals surface area contributed by atoms with Crippen molar-refractivity contribution in [1.29, 1.82) is 0 Å². The molecule has 0 radical (unpaired) electrons. The first-order chi connectivity index (χ1) is 8.15. The van der Waals surface area contributed by atoms with Crippen molar-refractivity contribution in [3.63, 3.8) is 0 Å². The first-order valence-electron chi connectivity index (χ1n) is 5.63. The Balaban J connectivity index is 1.79. The van der Waals surface area contributed by atoms with Crippen molar-refractivity contribution in [2.24, 2.45) is 0 Å². The Hall–Kier alpha value is -0.150. The Morgan fingerprint density at radius 1 is 1.41 bits per heavy atom. The standard InChI is InChI=1S/C13H15Cl2NS/c1-9(7-16-11-3-4-11)8-17-13-6-10(14)2-5-12(13)15/h2,5-6,11,16H,1,3-4,7-8H2. The molecule has 92 valence electrons. The van der Waals surface area contributed by atoms with Crippen LogP contribution >= 0.6 is 35.0 Å². The van der Waals surface area contributed by atoms with Crippen LogP contribution in [-0.2, 0) is 0 Å². The number of halogens is 2. The predicted octanol–water partition coefficient (Wildman–Crippen LogP) is 4.39. The first-order valence-corrected chi connectivity index (χ1v) is 7.37. The number of rotatable bonds is 6. The maximum Gasteiger partial charge on any atom is 0.0543 e. The van der Waals surface area contributed by atoms with E-state index in [0.29, 0.717) is 0 Å². The highest BCUT2D eigenvalue weighted by atomic mass is 35.5. The number of hydrogen-bond acceptors (Lipinski definition) is 2. The molecule has 17 heavy (non-hydrogen) atoms. The lowest BCUT2D eigenvalue weighted by atomic mass is 10.3. The van der Waals surface area contributed by atoms with Crippen molar-refractivity contribution in [3.05, 3.63) is 40.4 Å². The predicted molar refractivity (Wildman–Crippen MR) is 77.4 cm³/mol. The lowest BCUT2D eigenvalue weighted by Crippen LogP contribution is -2.19. The van der Waals surface area contributed by atoms with E-state index in [9.17, 15) is 0 Å². The molecule has 1 N–H and O–H groups in total. The zero-order valence-electron chi connectivity index (χ0n) is 9.51. The average molecular weight is 288 g/mol. The smallest absolute Gasteiger partial charge is 0.0543 e. The van der Waals surface area contributed by atoms with Gasteiger partial charge in [0.25, 0.3) is 0 Å². The molecular weight excluding hydrogens is 273 g/mol. The summed E-state index contributed by atoms with van der Waals surface area (Å²) in [5, 5.41) is 4.92. The monoisotopic (exact) mass is 287 g/mol. The van der Waals surface area contributed by atoms with Crippen molar-refractivity contribution in [2.75, 3.05) is 12.3 Å². The van der Waals surface area contributed by atoms with E-state index in [0.717, 1.165) is 33.3 Å². The quantitative estimate of drug-likeness (QED) is 0.615. The van der Waals surface area contributed by atoms with Gasteiger partial charge in [0.15, 0.2) is 0 Å². The third-order valence-corrected chi connectivity index (χ3v) is 4.42. The van der Waals surface area contributed by atoms with E-state index >= 15 is 0 Å². The van der Waals surface area contributed by atoms with Gasteiger partial charge in [0, 0.05) is 28.3 Å². The molecule has 1 saturated carbocycles. The van der Waals surface area contributed by atoms with Crippen LogP contribution in [0, 0.1) is 0 Å². The molecule has 1 aliphatic rings. The molecule has 1 fully saturated rings. The maximum absolute atomic E-state index is 6.09. The zero-order chi connectivity index (χ0) is 12.3. The van der Waals surface area contributed by atoms with Crippen LogP contribution in [0.25, 0.3) is 0 Å². The highest BCUT2D eigenvalue weighted by molar-refractivity contribution is 7.99. The van der Waals surface area contributed by atoms with Gasteiger partial charge in [-0.25, -0.2) is 0 Å². The van der Waals surface area contributed by atoms with Gasteiger partial charge in [-0.05, 0) is 31.0 Å². The second-order valence-electron chi connectivity index (χ2n) is 4.27. The van der Waals surface area contributed by atoms with Crippen LogP contribution in [0.1, 0.15) is 12.8 Å². The Labute approximate surface area is 117 Å². The van der Waals surface area contributed by atoms with Gasteiger partial charge in [-0.15, -0.1) is 11.8 Å². The normalized spacial score (nSPS) is 14.9. The molecule has 0 bridgehead atoms. The molecule has 0 amide bonds. The lowest BCUT2D eigenvalue weighted by Gasteiger charge is -2.08. The van der Waals surface area contributed by atoms with Crippen LogP contribution in [0.4, 0.5) is 0 Å². The Kier molecular flexibility index (Phi) is 4.80. The molecule has 1 aliphatic carbocycles. The van der Waals surface area contributed by atoms with Gasteiger partial charge in [0.1, 0.15) is 0 Å². The highest BCUT2D eigenvalue weighted by Gasteiger charge is 2.20. The fraction of sp³-hybridized carbons (Fsp3) is 0.385. The van der Waals surface area contributed by atoms with E-state index < -0.39 is 0 Å². The summed E-state index contributed by atoms with van der Waals surface area (Å²) in [4.78, 5) is 1.02. The Bertz CT molecular complexity index is 416. The summed E-state index contributed by atoms with van der Waals surface area (Å²) in [6.07, 6.45) is 2.61. The van der Waals surface area contributed by atoms with Crippen LogP contribution in [0.15, 0.2) is 35.2 Å². The van der Waals surface area contributed by atoms with E-state index in [2.05, 4.69) is 11.9 Å².